The molecular formula is C17H19F2N3O4S2. The number of thioether (sulfide) groups is 1. The molecule has 152 valence electrons. The Hall–Kier alpha value is -1.85. The second-order valence-electron chi connectivity index (χ2n) is 6.76. The van der Waals surface area contributed by atoms with Gasteiger partial charge < -0.3 is 14.0 Å². The fourth-order valence-corrected chi connectivity index (χ4v) is 5.84. The molecule has 2 aliphatic heterocycles. The quantitative estimate of drug-likeness (QED) is 0.678. The molecule has 2 aliphatic rings. The monoisotopic (exact) mass is 431 g/mol. The van der Waals surface area contributed by atoms with Crippen LogP contribution in [0.5, 0.6) is 11.5 Å². The number of sulfonamides is 1. The summed E-state index contributed by atoms with van der Waals surface area (Å²) in [6.07, 6.45) is 1.34. The van der Waals surface area contributed by atoms with Gasteiger partial charge in [-0.2, -0.15) is 4.31 Å². The molecule has 0 spiro atoms. The second-order valence-corrected chi connectivity index (χ2v) is 9.68. The zero-order valence-electron chi connectivity index (χ0n) is 15.0. The van der Waals surface area contributed by atoms with Crippen LogP contribution in [-0.4, -0.2) is 47.4 Å². The highest BCUT2D eigenvalue weighted by atomic mass is 32.2. The number of fused-ring (bicyclic) bond motifs is 1. The zero-order chi connectivity index (χ0) is 19.9. The van der Waals surface area contributed by atoms with Gasteiger partial charge in [-0.15, -0.1) is 8.78 Å². The van der Waals surface area contributed by atoms with Crippen molar-refractivity contribution in [3.8, 4) is 11.5 Å². The van der Waals surface area contributed by atoms with E-state index < -0.39 is 16.3 Å². The van der Waals surface area contributed by atoms with E-state index in [1.54, 1.807) is 18.0 Å². The second kappa shape index (κ2) is 7.20. The maximum Gasteiger partial charge on any atom is 0.586 e. The van der Waals surface area contributed by atoms with E-state index in [1.165, 1.54) is 16.4 Å². The first-order valence-electron chi connectivity index (χ1n) is 8.75. The number of piperidine rings is 1. The summed E-state index contributed by atoms with van der Waals surface area (Å²) in [5, 5.41) is 0.937. The van der Waals surface area contributed by atoms with Gasteiger partial charge in [0.05, 0.1) is 4.90 Å². The topological polar surface area (TPSA) is 73.7 Å². The predicted octanol–water partition coefficient (Wildman–Crippen LogP) is 2.93. The Labute approximate surface area is 165 Å². The summed E-state index contributed by atoms with van der Waals surface area (Å²) < 4.78 is 64.1. The molecule has 7 nitrogen and oxygen atoms in total. The first kappa shape index (κ1) is 19.5. The van der Waals surface area contributed by atoms with Crippen LogP contribution in [0.25, 0.3) is 0 Å². The molecule has 0 radical (unpaired) electrons. The third-order valence-corrected chi connectivity index (χ3v) is 7.99. The van der Waals surface area contributed by atoms with E-state index in [9.17, 15) is 17.2 Å². The first-order valence-corrected chi connectivity index (χ1v) is 11.2. The molecule has 11 heteroatoms. The van der Waals surface area contributed by atoms with Crippen LogP contribution < -0.4 is 9.47 Å². The number of nitrogens with zero attached hydrogens (tertiary/aromatic N) is 3. The van der Waals surface area contributed by atoms with Gasteiger partial charge in [-0.3, -0.25) is 0 Å². The Morgan fingerprint density at radius 2 is 1.96 bits per heavy atom. The number of aromatic nitrogens is 2. The normalized spacial score (nSPS) is 19.8. The number of aryl methyl sites for hydroxylation is 1. The SMILES string of the molecule is Cn1ccnc1SCC1CCN(S(=O)(=O)c2ccc3c(c2)OC(F)(F)O3)CC1. The van der Waals surface area contributed by atoms with Crippen molar-refractivity contribution >= 4 is 21.8 Å². The third kappa shape index (κ3) is 3.83. The Morgan fingerprint density at radius 1 is 1.25 bits per heavy atom. The van der Waals surface area contributed by atoms with Crippen molar-refractivity contribution < 1.29 is 26.7 Å². The summed E-state index contributed by atoms with van der Waals surface area (Å²) in [5.74, 6) is 0.822. The van der Waals surface area contributed by atoms with Gasteiger partial charge in [0.2, 0.25) is 10.0 Å². The lowest BCUT2D eigenvalue weighted by Gasteiger charge is -2.31. The predicted molar refractivity (Wildman–Crippen MR) is 98.1 cm³/mol. The summed E-state index contributed by atoms with van der Waals surface area (Å²) in [6.45, 7) is 0.775. The molecule has 28 heavy (non-hydrogen) atoms. The molecule has 0 atom stereocenters. The average Bonchev–Trinajstić information content (AvgIpc) is 3.20. The third-order valence-electron chi connectivity index (χ3n) is 4.81. The molecular weight excluding hydrogens is 412 g/mol. The summed E-state index contributed by atoms with van der Waals surface area (Å²) in [5.41, 5.74) is 0. The van der Waals surface area contributed by atoms with Gasteiger partial charge in [0.25, 0.3) is 0 Å². The van der Waals surface area contributed by atoms with Crippen LogP contribution in [0.1, 0.15) is 12.8 Å². The van der Waals surface area contributed by atoms with Crippen molar-refractivity contribution in [2.45, 2.75) is 29.2 Å². The fourth-order valence-electron chi connectivity index (χ4n) is 3.24. The number of rotatable bonds is 5. The van der Waals surface area contributed by atoms with Crippen molar-refractivity contribution in [2.24, 2.45) is 13.0 Å². The van der Waals surface area contributed by atoms with Crippen molar-refractivity contribution in [2.75, 3.05) is 18.8 Å². The molecule has 1 aromatic heterocycles. The summed E-state index contributed by atoms with van der Waals surface area (Å²) in [6, 6.07) is 3.55. The standard InChI is InChI=1S/C17H19F2N3O4S2/c1-21-9-6-20-16(21)27-11-12-4-7-22(8-5-12)28(23,24)13-2-3-14-15(10-13)26-17(18,19)25-14/h2-3,6,9-10,12H,4-5,7-8,11H2,1H3. The van der Waals surface area contributed by atoms with E-state index in [1.807, 2.05) is 17.8 Å². The van der Waals surface area contributed by atoms with Crippen LogP contribution in [-0.2, 0) is 17.1 Å². The number of imidazole rings is 1. The van der Waals surface area contributed by atoms with E-state index in [4.69, 9.17) is 0 Å². The van der Waals surface area contributed by atoms with E-state index >= 15 is 0 Å². The highest BCUT2D eigenvalue weighted by Gasteiger charge is 2.44. The van der Waals surface area contributed by atoms with Crippen LogP contribution in [0.2, 0.25) is 0 Å². The van der Waals surface area contributed by atoms with Crippen LogP contribution >= 0.6 is 11.8 Å². The number of halogens is 2. The maximum atomic E-state index is 13.2. The number of hydrogen-bond donors (Lipinski definition) is 0. The van der Waals surface area contributed by atoms with Gasteiger partial charge in [-0.25, -0.2) is 13.4 Å². The van der Waals surface area contributed by atoms with Gasteiger partial charge in [-0.05, 0) is 30.9 Å². The largest absolute Gasteiger partial charge is 0.586 e. The Bertz CT molecular complexity index is 973. The highest BCUT2D eigenvalue weighted by molar-refractivity contribution is 7.99. The summed E-state index contributed by atoms with van der Waals surface area (Å²) in [4.78, 5) is 4.20. The van der Waals surface area contributed by atoms with Crippen molar-refractivity contribution in [3.63, 3.8) is 0 Å². The fraction of sp³-hybridized carbons (Fsp3) is 0.471. The minimum absolute atomic E-state index is 0.0756. The van der Waals surface area contributed by atoms with Gasteiger partial charge >= 0.3 is 6.29 Å². The van der Waals surface area contributed by atoms with Crippen molar-refractivity contribution in [1.82, 2.24) is 13.9 Å². The average molecular weight is 431 g/mol. The molecule has 0 aliphatic carbocycles. The molecule has 1 aromatic carbocycles. The van der Waals surface area contributed by atoms with E-state index in [0.29, 0.717) is 19.0 Å². The maximum absolute atomic E-state index is 13.2. The molecule has 3 heterocycles. The Balaban J connectivity index is 1.38. The van der Waals surface area contributed by atoms with Crippen LogP contribution in [0.4, 0.5) is 8.78 Å². The number of alkyl halides is 2. The van der Waals surface area contributed by atoms with Crippen molar-refractivity contribution in [3.05, 3.63) is 30.6 Å². The lowest BCUT2D eigenvalue weighted by atomic mass is 10.0. The molecule has 0 amide bonds. The van der Waals surface area contributed by atoms with Crippen molar-refractivity contribution in [1.29, 1.82) is 0 Å². The van der Waals surface area contributed by atoms with Crippen LogP contribution in [0.3, 0.4) is 0 Å². The van der Waals surface area contributed by atoms with Gasteiger partial charge in [0, 0.05) is 44.4 Å². The van der Waals surface area contributed by atoms with Crippen LogP contribution in [0.15, 0.2) is 40.6 Å². The first-order chi connectivity index (χ1) is 13.2. The number of benzene rings is 1. The molecule has 0 unspecified atom stereocenters. The molecule has 0 bridgehead atoms. The van der Waals surface area contributed by atoms with E-state index in [2.05, 4.69) is 14.5 Å². The highest BCUT2D eigenvalue weighted by Crippen LogP contribution is 2.42. The molecule has 0 N–H and O–H groups in total. The Morgan fingerprint density at radius 3 is 2.64 bits per heavy atom. The number of ether oxygens (including phenoxy) is 2. The molecule has 4 rings (SSSR count). The van der Waals surface area contributed by atoms with E-state index in [0.717, 1.165) is 29.8 Å². The van der Waals surface area contributed by atoms with Gasteiger partial charge in [-0.1, -0.05) is 11.8 Å². The van der Waals surface area contributed by atoms with Gasteiger partial charge in [0.1, 0.15) is 0 Å². The van der Waals surface area contributed by atoms with E-state index in [-0.39, 0.29) is 16.4 Å². The molecule has 1 fully saturated rings. The summed E-state index contributed by atoms with van der Waals surface area (Å²) in [7, 11) is -1.84. The smallest absolute Gasteiger partial charge is 0.395 e. The zero-order valence-corrected chi connectivity index (χ0v) is 16.7. The Kier molecular flexibility index (Phi) is 5.00. The lowest BCUT2D eigenvalue weighted by molar-refractivity contribution is -0.286. The lowest BCUT2D eigenvalue weighted by Crippen LogP contribution is -2.38. The minimum atomic E-state index is -3.78. The molecule has 2 aromatic rings. The van der Waals surface area contributed by atoms with Gasteiger partial charge in [0.15, 0.2) is 16.7 Å². The van der Waals surface area contributed by atoms with Crippen LogP contribution in [0, 0.1) is 5.92 Å². The molecule has 1 saturated heterocycles. The minimum Gasteiger partial charge on any atom is -0.395 e. The number of hydrogen-bond acceptors (Lipinski definition) is 6. The summed E-state index contributed by atoms with van der Waals surface area (Å²) >= 11 is 1.66. The molecule has 0 saturated carbocycles.